The molecule has 0 aliphatic rings. The number of aryl methyl sites for hydroxylation is 1. The van der Waals surface area contributed by atoms with Gasteiger partial charge in [-0.15, -0.1) is 0 Å². The molecule has 0 aliphatic carbocycles. The summed E-state index contributed by atoms with van der Waals surface area (Å²) >= 11 is 0. The fourth-order valence-corrected chi connectivity index (χ4v) is 4.76. The van der Waals surface area contributed by atoms with Gasteiger partial charge in [0.2, 0.25) is 0 Å². The van der Waals surface area contributed by atoms with Crippen molar-refractivity contribution in [3.8, 4) is 22.4 Å². The molecule has 0 unspecified atom stereocenters. The van der Waals surface area contributed by atoms with Crippen LogP contribution in [0.5, 0.6) is 0 Å². The van der Waals surface area contributed by atoms with E-state index in [1.807, 2.05) is 0 Å². The van der Waals surface area contributed by atoms with Gasteiger partial charge in [0.15, 0.2) is 0 Å². The van der Waals surface area contributed by atoms with Crippen LogP contribution in [0.15, 0.2) is 12.1 Å². The number of nitrogens with zero attached hydrogens (tertiary/aromatic N) is 1. The van der Waals surface area contributed by atoms with E-state index in [1.165, 1.54) is 72.3 Å². The van der Waals surface area contributed by atoms with E-state index in [4.69, 9.17) is 4.98 Å². The van der Waals surface area contributed by atoms with Gasteiger partial charge in [0.05, 0.1) is 5.69 Å². The molecule has 1 heterocycles. The van der Waals surface area contributed by atoms with Crippen LogP contribution >= 0.6 is 0 Å². The van der Waals surface area contributed by atoms with Crippen molar-refractivity contribution in [1.82, 2.24) is 4.98 Å². The number of hydrogen-bond acceptors (Lipinski definition) is 1. The average molecular weight is 386 g/mol. The minimum atomic E-state index is 1.07. The SMILES string of the molecule is Cc1cc(-c2c(C)c(C)c(C)c(C)c2C)cc(-c2c(C)c(C)c(C)c(C)c2C)n1. The number of aromatic nitrogens is 1. The molecule has 0 N–H and O–H groups in total. The van der Waals surface area contributed by atoms with Crippen LogP contribution in [-0.2, 0) is 0 Å². The highest BCUT2D eigenvalue weighted by Crippen LogP contribution is 2.38. The predicted molar refractivity (Wildman–Crippen MR) is 127 cm³/mol. The Morgan fingerprint density at radius 1 is 0.414 bits per heavy atom. The fourth-order valence-electron chi connectivity index (χ4n) is 4.76. The molecule has 0 spiro atoms. The Morgan fingerprint density at radius 2 is 0.759 bits per heavy atom. The molecular weight excluding hydrogens is 350 g/mol. The first-order valence-corrected chi connectivity index (χ1v) is 10.6. The second-order valence-corrected chi connectivity index (χ2v) is 8.88. The molecule has 0 saturated carbocycles. The van der Waals surface area contributed by atoms with Crippen LogP contribution in [0.1, 0.15) is 61.3 Å². The van der Waals surface area contributed by atoms with Crippen molar-refractivity contribution in [3.05, 3.63) is 73.5 Å². The summed E-state index contributed by atoms with van der Waals surface area (Å²) in [6.07, 6.45) is 0. The van der Waals surface area contributed by atoms with Gasteiger partial charge in [0, 0.05) is 11.3 Å². The van der Waals surface area contributed by atoms with E-state index >= 15 is 0 Å². The second-order valence-electron chi connectivity index (χ2n) is 8.88. The summed E-state index contributed by atoms with van der Waals surface area (Å²) in [5, 5.41) is 0. The maximum absolute atomic E-state index is 4.98. The Hall–Kier alpha value is -2.41. The first kappa shape index (κ1) is 21.3. The molecule has 152 valence electrons. The molecule has 29 heavy (non-hydrogen) atoms. The van der Waals surface area contributed by atoms with Crippen molar-refractivity contribution in [1.29, 1.82) is 0 Å². The number of pyridine rings is 1. The Morgan fingerprint density at radius 3 is 1.17 bits per heavy atom. The normalized spacial score (nSPS) is 11.3. The summed E-state index contributed by atoms with van der Waals surface area (Å²) in [6, 6.07) is 4.55. The highest BCUT2D eigenvalue weighted by atomic mass is 14.7. The Kier molecular flexibility index (Phi) is 5.47. The van der Waals surface area contributed by atoms with Crippen LogP contribution in [0.25, 0.3) is 22.4 Å². The average Bonchev–Trinajstić information content (AvgIpc) is 2.67. The molecule has 0 saturated heterocycles. The van der Waals surface area contributed by atoms with Gasteiger partial charge in [0.1, 0.15) is 0 Å². The molecule has 1 nitrogen and oxygen atoms in total. The molecule has 0 atom stereocenters. The van der Waals surface area contributed by atoms with Gasteiger partial charge in [-0.1, -0.05) is 0 Å². The summed E-state index contributed by atoms with van der Waals surface area (Å²) in [5.74, 6) is 0. The summed E-state index contributed by atoms with van der Waals surface area (Å²) in [7, 11) is 0. The summed E-state index contributed by atoms with van der Waals surface area (Å²) in [4.78, 5) is 4.98. The maximum atomic E-state index is 4.98. The predicted octanol–water partition coefficient (Wildman–Crippen LogP) is 7.81. The maximum Gasteiger partial charge on any atom is 0.0716 e. The molecule has 1 heteroatoms. The standard InChI is InChI=1S/C28H35N/c1-14-12-25(27-21(8)17(4)15(2)18(5)22(27)9)13-26(29-14)28-23(10)19(6)16(3)20(7)24(28)11/h12-13H,1-11H3. The van der Waals surface area contributed by atoms with Gasteiger partial charge in [-0.3, -0.25) is 4.98 Å². The monoisotopic (exact) mass is 385 g/mol. The van der Waals surface area contributed by atoms with E-state index in [2.05, 4.69) is 88.3 Å². The van der Waals surface area contributed by atoms with Crippen molar-refractivity contribution >= 4 is 0 Å². The molecule has 0 bridgehead atoms. The number of hydrogen-bond donors (Lipinski definition) is 0. The van der Waals surface area contributed by atoms with Gasteiger partial charge in [-0.2, -0.15) is 0 Å². The Bertz CT molecular complexity index is 1000. The van der Waals surface area contributed by atoms with Crippen molar-refractivity contribution < 1.29 is 0 Å². The van der Waals surface area contributed by atoms with Gasteiger partial charge in [-0.25, -0.2) is 0 Å². The van der Waals surface area contributed by atoms with Crippen LogP contribution in [-0.4, -0.2) is 4.98 Å². The summed E-state index contributed by atoms with van der Waals surface area (Å²) in [6.45, 7) is 24.5. The molecule has 3 aromatic rings. The highest BCUT2D eigenvalue weighted by Gasteiger charge is 2.18. The van der Waals surface area contributed by atoms with Gasteiger partial charge < -0.3 is 0 Å². The first-order chi connectivity index (χ1) is 13.5. The third kappa shape index (κ3) is 3.31. The van der Waals surface area contributed by atoms with Crippen LogP contribution in [0.2, 0.25) is 0 Å². The lowest BCUT2D eigenvalue weighted by molar-refractivity contribution is 1.14. The van der Waals surface area contributed by atoms with E-state index in [1.54, 1.807) is 0 Å². The van der Waals surface area contributed by atoms with Crippen LogP contribution in [0.4, 0.5) is 0 Å². The highest BCUT2D eigenvalue weighted by molar-refractivity contribution is 5.80. The molecule has 1 aromatic heterocycles. The molecule has 0 radical (unpaired) electrons. The summed E-state index contributed by atoms with van der Waals surface area (Å²) < 4.78 is 0. The number of benzene rings is 2. The molecule has 0 fully saturated rings. The van der Waals surface area contributed by atoms with E-state index in [-0.39, 0.29) is 0 Å². The van der Waals surface area contributed by atoms with E-state index in [0.29, 0.717) is 0 Å². The lowest BCUT2D eigenvalue weighted by Crippen LogP contribution is -2.03. The third-order valence-corrected chi connectivity index (χ3v) is 7.50. The van der Waals surface area contributed by atoms with Crippen molar-refractivity contribution in [2.75, 3.05) is 0 Å². The van der Waals surface area contributed by atoms with Crippen LogP contribution in [0.3, 0.4) is 0 Å². The Labute approximate surface area is 177 Å². The van der Waals surface area contributed by atoms with Crippen molar-refractivity contribution in [3.63, 3.8) is 0 Å². The van der Waals surface area contributed by atoms with E-state index in [9.17, 15) is 0 Å². The minimum absolute atomic E-state index is 1.07. The van der Waals surface area contributed by atoms with Crippen LogP contribution < -0.4 is 0 Å². The lowest BCUT2D eigenvalue weighted by atomic mass is 9.84. The topological polar surface area (TPSA) is 12.9 Å². The third-order valence-electron chi connectivity index (χ3n) is 7.50. The number of rotatable bonds is 2. The van der Waals surface area contributed by atoms with Crippen molar-refractivity contribution in [2.45, 2.75) is 76.2 Å². The van der Waals surface area contributed by atoms with E-state index < -0.39 is 0 Å². The van der Waals surface area contributed by atoms with Gasteiger partial charge >= 0.3 is 0 Å². The second kappa shape index (κ2) is 7.44. The van der Waals surface area contributed by atoms with Gasteiger partial charge in [0.25, 0.3) is 0 Å². The van der Waals surface area contributed by atoms with Gasteiger partial charge in [-0.05, 0) is 155 Å². The molecule has 0 amide bonds. The first-order valence-electron chi connectivity index (χ1n) is 10.6. The van der Waals surface area contributed by atoms with E-state index in [0.717, 1.165) is 11.4 Å². The van der Waals surface area contributed by atoms with Crippen molar-refractivity contribution in [2.24, 2.45) is 0 Å². The lowest BCUT2D eigenvalue weighted by Gasteiger charge is -2.21. The fraction of sp³-hybridized carbons (Fsp3) is 0.393. The van der Waals surface area contributed by atoms with Crippen LogP contribution in [0, 0.1) is 76.2 Å². The summed E-state index contributed by atoms with van der Waals surface area (Å²) in [5.41, 5.74) is 19.9. The quantitative estimate of drug-likeness (QED) is 0.438. The molecule has 2 aromatic carbocycles. The minimum Gasteiger partial charge on any atom is -0.253 e. The zero-order chi connectivity index (χ0) is 21.8. The smallest absolute Gasteiger partial charge is 0.0716 e. The Balaban J connectivity index is 2.37. The molecule has 0 aliphatic heterocycles. The molecular formula is C28H35N. The zero-order valence-corrected chi connectivity index (χ0v) is 20.1. The largest absolute Gasteiger partial charge is 0.253 e. The zero-order valence-electron chi connectivity index (χ0n) is 20.1. The molecule has 3 rings (SSSR count).